The molecule has 0 unspecified atom stereocenters. The number of para-hydroxylation sites is 2. The lowest BCUT2D eigenvalue weighted by atomic mass is 10.00. The van der Waals surface area contributed by atoms with Crippen LogP contribution in [0, 0.1) is 5.92 Å². The smallest absolute Gasteiger partial charge is 0.242 e. The molecule has 2 aromatic carbocycles. The van der Waals surface area contributed by atoms with Crippen LogP contribution in [0.25, 0.3) is 0 Å². The Labute approximate surface area is 216 Å². The van der Waals surface area contributed by atoms with Gasteiger partial charge < -0.3 is 19.3 Å². The zero-order valence-corrected chi connectivity index (χ0v) is 21.4. The zero-order chi connectivity index (χ0) is 24.9. The summed E-state index contributed by atoms with van der Waals surface area (Å²) in [6, 6.07) is 19.2. The monoisotopic (exact) mass is 504 g/mol. The van der Waals surface area contributed by atoms with Gasteiger partial charge in [-0.15, -0.1) is 11.3 Å². The highest BCUT2D eigenvalue weighted by atomic mass is 32.1. The molecule has 36 heavy (non-hydrogen) atoms. The average Bonchev–Trinajstić information content (AvgIpc) is 3.59. The molecule has 0 bridgehead atoms. The molecule has 1 aliphatic heterocycles. The first-order chi connectivity index (χ1) is 17.6. The molecule has 2 heterocycles. The number of ether oxygens (including phenoxy) is 2. The van der Waals surface area contributed by atoms with Crippen LogP contribution in [0.4, 0.5) is 0 Å². The molecule has 1 aliphatic carbocycles. The van der Waals surface area contributed by atoms with E-state index in [4.69, 9.17) is 9.47 Å². The Balaban J connectivity index is 1.31. The Bertz CT molecular complexity index is 1190. The molecule has 0 N–H and O–H groups in total. The number of carbonyl (C=O) groups excluding carboxylic acids is 2. The van der Waals surface area contributed by atoms with Crippen LogP contribution < -0.4 is 9.47 Å². The number of amides is 2. The minimum absolute atomic E-state index is 0.0107. The number of rotatable bonds is 10. The van der Waals surface area contributed by atoms with Gasteiger partial charge in [0.1, 0.15) is 6.61 Å². The molecule has 6 nitrogen and oxygen atoms in total. The van der Waals surface area contributed by atoms with E-state index < -0.39 is 0 Å². The highest BCUT2D eigenvalue weighted by molar-refractivity contribution is 7.10. The number of nitrogens with zero attached hydrogens (tertiary/aromatic N) is 2. The third-order valence-corrected chi connectivity index (χ3v) is 7.93. The third-order valence-electron chi connectivity index (χ3n) is 6.93. The zero-order valence-electron chi connectivity index (χ0n) is 20.6. The van der Waals surface area contributed by atoms with Gasteiger partial charge in [0, 0.05) is 18.0 Å². The van der Waals surface area contributed by atoms with Gasteiger partial charge in [0.05, 0.1) is 26.1 Å². The predicted molar refractivity (Wildman–Crippen MR) is 140 cm³/mol. The van der Waals surface area contributed by atoms with Gasteiger partial charge in [-0.3, -0.25) is 9.59 Å². The van der Waals surface area contributed by atoms with E-state index in [2.05, 4.69) is 11.4 Å². The van der Waals surface area contributed by atoms with Crippen LogP contribution in [-0.2, 0) is 22.4 Å². The molecule has 0 radical (unpaired) electrons. The second-order valence-corrected chi connectivity index (χ2v) is 10.5. The number of methoxy groups -OCH3 is 1. The van der Waals surface area contributed by atoms with Crippen molar-refractivity contribution in [3.63, 3.8) is 0 Å². The van der Waals surface area contributed by atoms with Crippen molar-refractivity contribution in [3.05, 3.63) is 82.0 Å². The lowest BCUT2D eigenvalue weighted by Crippen LogP contribution is -2.48. The first kappa shape index (κ1) is 24.4. The van der Waals surface area contributed by atoms with Crippen LogP contribution in [0.1, 0.15) is 34.9 Å². The van der Waals surface area contributed by atoms with E-state index in [1.807, 2.05) is 59.5 Å². The van der Waals surface area contributed by atoms with Crippen molar-refractivity contribution in [2.75, 3.05) is 33.4 Å². The lowest BCUT2D eigenvalue weighted by Gasteiger charge is -2.37. The largest absolute Gasteiger partial charge is 0.493 e. The summed E-state index contributed by atoms with van der Waals surface area (Å²) in [5.41, 5.74) is 2.11. The van der Waals surface area contributed by atoms with Crippen LogP contribution in [-0.4, -0.2) is 55.0 Å². The first-order valence-corrected chi connectivity index (χ1v) is 13.4. The van der Waals surface area contributed by atoms with Crippen LogP contribution in [0.2, 0.25) is 0 Å². The van der Waals surface area contributed by atoms with Gasteiger partial charge >= 0.3 is 0 Å². The fourth-order valence-electron chi connectivity index (χ4n) is 4.78. The number of thiophene rings is 1. The van der Waals surface area contributed by atoms with Crippen molar-refractivity contribution >= 4 is 23.2 Å². The van der Waals surface area contributed by atoms with Gasteiger partial charge in [-0.25, -0.2) is 0 Å². The van der Waals surface area contributed by atoms with Gasteiger partial charge in [0.2, 0.25) is 11.8 Å². The SMILES string of the molecule is COc1ccccc1OC[C@H]1c2ccsc2CCN1C(=O)CN(CC1CC1)C(=O)Cc1ccccc1. The molecule has 2 amide bonds. The molecule has 1 aromatic heterocycles. The summed E-state index contributed by atoms with van der Waals surface area (Å²) in [5.74, 6) is 1.81. The Hall–Kier alpha value is -3.32. The molecule has 2 aliphatic rings. The molecular formula is C29H32N2O4S. The van der Waals surface area contributed by atoms with Crippen LogP contribution >= 0.6 is 11.3 Å². The van der Waals surface area contributed by atoms with E-state index in [-0.39, 0.29) is 24.4 Å². The van der Waals surface area contributed by atoms with Gasteiger partial charge in [-0.2, -0.15) is 0 Å². The standard InChI is InChI=1S/C29H32N2O4S/c1-34-25-9-5-6-10-26(25)35-20-24-23-14-16-36-27(23)13-15-31(24)29(33)19-30(18-22-11-12-22)28(32)17-21-7-3-2-4-8-21/h2-10,14,16,22,24H,11-13,15,17-20H2,1H3/t24-/m0/s1. The second-order valence-electron chi connectivity index (χ2n) is 9.49. The Kier molecular flexibility index (Phi) is 7.56. The van der Waals surface area contributed by atoms with Crippen molar-refractivity contribution in [1.29, 1.82) is 0 Å². The van der Waals surface area contributed by atoms with Gasteiger partial charge in [0.25, 0.3) is 0 Å². The number of fused-ring (bicyclic) bond motifs is 1. The number of carbonyl (C=O) groups is 2. The van der Waals surface area contributed by atoms with Crippen LogP contribution in [0.5, 0.6) is 11.5 Å². The summed E-state index contributed by atoms with van der Waals surface area (Å²) in [7, 11) is 1.62. The molecule has 1 saturated carbocycles. The fourth-order valence-corrected chi connectivity index (χ4v) is 5.71. The van der Waals surface area contributed by atoms with Crippen molar-refractivity contribution in [2.45, 2.75) is 31.7 Å². The maximum atomic E-state index is 13.7. The average molecular weight is 505 g/mol. The minimum Gasteiger partial charge on any atom is -0.493 e. The quantitative estimate of drug-likeness (QED) is 0.400. The molecule has 5 rings (SSSR count). The molecule has 0 spiro atoms. The summed E-state index contributed by atoms with van der Waals surface area (Å²) in [6.45, 7) is 1.71. The minimum atomic E-state index is -0.204. The second kappa shape index (κ2) is 11.2. The highest BCUT2D eigenvalue weighted by Gasteiger charge is 2.35. The van der Waals surface area contributed by atoms with E-state index in [9.17, 15) is 9.59 Å². The first-order valence-electron chi connectivity index (χ1n) is 12.6. The number of benzene rings is 2. The fraction of sp³-hybridized carbons (Fsp3) is 0.379. The number of hydrogen-bond acceptors (Lipinski definition) is 5. The summed E-state index contributed by atoms with van der Waals surface area (Å²) < 4.78 is 11.6. The molecule has 1 fully saturated rings. The van der Waals surface area contributed by atoms with E-state index in [0.717, 1.165) is 30.4 Å². The van der Waals surface area contributed by atoms with Crippen molar-refractivity contribution in [1.82, 2.24) is 9.80 Å². The Morgan fingerprint density at radius 1 is 1.03 bits per heavy atom. The molecule has 1 atom stereocenters. The molecule has 7 heteroatoms. The van der Waals surface area contributed by atoms with Crippen molar-refractivity contribution in [3.8, 4) is 11.5 Å². The van der Waals surface area contributed by atoms with E-state index in [1.165, 1.54) is 4.88 Å². The maximum absolute atomic E-state index is 13.7. The summed E-state index contributed by atoms with van der Waals surface area (Å²) in [6.07, 6.45) is 3.39. The molecule has 3 aromatic rings. The van der Waals surface area contributed by atoms with Crippen LogP contribution in [0.3, 0.4) is 0 Å². The summed E-state index contributed by atoms with van der Waals surface area (Å²) in [4.78, 5) is 31.9. The van der Waals surface area contributed by atoms with Gasteiger partial charge in [-0.05, 0) is 59.9 Å². The third kappa shape index (κ3) is 5.73. The molecule has 0 saturated heterocycles. The summed E-state index contributed by atoms with van der Waals surface area (Å²) in [5, 5.41) is 2.08. The Morgan fingerprint density at radius 2 is 1.78 bits per heavy atom. The van der Waals surface area contributed by atoms with E-state index in [1.54, 1.807) is 23.3 Å². The van der Waals surface area contributed by atoms with Crippen molar-refractivity contribution < 1.29 is 19.1 Å². The van der Waals surface area contributed by atoms with Gasteiger partial charge in [-0.1, -0.05) is 42.5 Å². The van der Waals surface area contributed by atoms with E-state index >= 15 is 0 Å². The van der Waals surface area contributed by atoms with E-state index in [0.29, 0.717) is 43.5 Å². The van der Waals surface area contributed by atoms with Crippen LogP contribution in [0.15, 0.2) is 66.0 Å². The predicted octanol–water partition coefficient (Wildman–Crippen LogP) is 4.74. The summed E-state index contributed by atoms with van der Waals surface area (Å²) >= 11 is 1.73. The highest BCUT2D eigenvalue weighted by Crippen LogP contribution is 2.36. The Morgan fingerprint density at radius 3 is 2.53 bits per heavy atom. The maximum Gasteiger partial charge on any atom is 0.242 e. The number of hydrogen-bond donors (Lipinski definition) is 0. The normalized spacial score (nSPS) is 16.8. The lowest BCUT2D eigenvalue weighted by molar-refractivity contribution is -0.142. The van der Waals surface area contributed by atoms with Gasteiger partial charge in [0.15, 0.2) is 11.5 Å². The van der Waals surface area contributed by atoms with Crippen molar-refractivity contribution in [2.24, 2.45) is 5.92 Å². The molecular weight excluding hydrogens is 472 g/mol. The molecule has 188 valence electrons. The topological polar surface area (TPSA) is 59.1 Å².